The Labute approximate surface area is 201 Å². The monoisotopic (exact) mass is 512 g/mol. The number of carbonyl (C=O) groups is 2. The van der Waals surface area contributed by atoms with Crippen LogP contribution in [0.2, 0.25) is 0 Å². The van der Waals surface area contributed by atoms with Crippen molar-refractivity contribution in [3.63, 3.8) is 0 Å². The first-order valence-corrected chi connectivity index (χ1v) is 11.4. The molecule has 3 aromatic carbocycles. The lowest BCUT2D eigenvalue weighted by atomic mass is 10.0. The highest BCUT2D eigenvalue weighted by Gasteiger charge is 2.30. The van der Waals surface area contributed by atoms with Gasteiger partial charge < -0.3 is 15.0 Å². The Balaban J connectivity index is 1.88. The van der Waals surface area contributed by atoms with Crippen molar-refractivity contribution in [1.29, 1.82) is 0 Å². The zero-order valence-electron chi connectivity index (χ0n) is 18.6. The molecular weight excluding hydrogens is 487 g/mol. The molecule has 2 amide bonds. The Morgan fingerprint density at radius 1 is 1.06 bits per heavy atom. The van der Waals surface area contributed by atoms with Gasteiger partial charge in [-0.05, 0) is 42.3 Å². The van der Waals surface area contributed by atoms with E-state index in [0.29, 0.717) is 11.3 Å². The quantitative estimate of drug-likeness (QED) is 0.453. The number of aryl methyl sites for hydroxylation is 1. The van der Waals surface area contributed by atoms with Crippen LogP contribution < -0.4 is 10.1 Å². The lowest BCUT2D eigenvalue weighted by Crippen LogP contribution is -2.51. The maximum atomic E-state index is 14.4. The van der Waals surface area contributed by atoms with Crippen LogP contribution in [0.1, 0.15) is 16.7 Å². The van der Waals surface area contributed by atoms with Gasteiger partial charge in [0.05, 0.1) is 0 Å². The maximum absolute atomic E-state index is 14.4. The van der Waals surface area contributed by atoms with Crippen molar-refractivity contribution in [2.45, 2.75) is 25.9 Å². The molecule has 0 radical (unpaired) electrons. The number of likely N-dealkylation sites (N-methyl/N-ethyl adjacent to an activating group) is 1. The van der Waals surface area contributed by atoms with E-state index in [2.05, 4.69) is 21.2 Å². The predicted octanol–water partition coefficient (Wildman–Crippen LogP) is 4.66. The average molecular weight is 513 g/mol. The first-order chi connectivity index (χ1) is 15.9. The molecule has 33 heavy (non-hydrogen) atoms. The molecular formula is C26H26BrFN2O3. The zero-order chi connectivity index (χ0) is 23.8. The fraction of sp³-hybridized carbons (Fsp3) is 0.231. The molecule has 7 heteroatoms. The molecule has 0 aliphatic heterocycles. The van der Waals surface area contributed by atoms with Gasteiger partial charge in [0.15, 0.2) is 6.61 Å². The summed E-state index contributed by atoms with van der Waals surface area (Å²) in [5, 5.41) is 2.64. The topological polar surface area (TPSA) is 58.6 Å². The van der Waals surface area contributed by atoms with E-state index in [9.17, 15) is 14.0 Å². The first kappa shape index (κ1) is 24.5. The summed E-state index contributed by atoms with van der Waals surface area (Å²) in [5.74, 6) is -0.643. The fourth-order valence-corrected chi connectivity index (χ4v) is 3.71. The Morgan fingerprint density at radius 3 is 2.42 bits per heavy atom. The molecule has 0 aromatic heterocycles. The van der Waals surface area contributed by atoms with Crippen LogP contribution in [0, 0.1) is 12.7 Å². The number of carbonyl (C=O) groups excluding carboxylic acids is 2. The smallest absolute Gasteiger partial charge is 0.261 e. The number of halogens is 2. The second-order valence-corrected chi connectivity index (χ2v) is 8.49. The molecule has 0 aliphatic carbocycles. The lowest BCUT2D eigenvalue weighted by Gasteiger charge is -2.31. The molecule has 5 nitrogen and oxygen atoms in total. The average Bonchev–Trinajstić information content (AvgIpc) is 2.83. The molecule has 0 saturated heterocycles. The zero-order valence-corrected chi connectivity index (χ0v) is 20.1. The van der Waals surface area contributed by atoms with E-state index in [4.69, 9.17) is 4.74 Å². The van der Waals surface area contributed by atoms with Gasteiger partial charge in [-0.15, -0.1) is 0 Å². The van der Waals surface area contributed by atoms with E-state index in [1.807, 2.05) is 49.4 Å². The molecule has 172 valence electrons. The minimum Gasteiger partial charge on any atom is -0.484 e. The number of hydrogen-bond acceptors (Lipinski definition) is 3. The number of rotatable bonds is 9. The largest absolute Gasteiger partial charge is 0.484 e. The maximum Gasteiger partial charge on any atom is 0.261 e. The van der Waals surface area contributed by atoms with Crippen LogP contribution in [0.5, 0.6) is 5.75 Å². The van der Waals surface area contributed by atoms with Gasteiger partial charge in [0.2, 0.25) is 5.91 Å². The van der Waals surface area contributed by atoms with E-state index in [1.54, 1.807) is 24.3 Å². The van der Waals surface area contributed by atoms with Crippen molar-refractivity contribution in [3.8, 4) is 5.75 Å². The molecule has 0 fully saturated rings. The number of hydrogen-bond donors (Lipinski definition) is 1. The van der Waals surface area contributed by atoms with Crippen molar-refractivity contribution < 1.29 is 18.7 Å². The van der Waals surface area contributed by atoms with E-state index in [0.717, 1.165) is 15.6 Å². The molecule has 3 rings (SSSR count). The normalized spacial score (nSPS) is 11.5. The van der Waals surface area contributed by atoms with Gasteiger partial charge in [-0.2, -0.15) is 0 Å². The van der Waals surface area contributed by atoms with Gasteiger partial charge in [-0.25, -0.2) is 4.39 Å². The highest BCUT2D eigenvalue weighted by molar-refractivity contribution is 9.10. The molecule has 0 unspecified atom stereocenters. The van der Waals surface area contributed by atoms with Crippen molar-refractivity contribution in [2.24, 2.45) is 0 Å². The summed E-state index contributed by atoms with van der Waals surface area (Å²) in [4.78, 5) is 27.6. The Morgan fingerprint density at radius 2 is 1.76 bits per heavy atom. The number of amides is 2. The third-order valence-electron chi connectivity index (χ3n) is 5.31. The van der Waals surface area contributed by atoms with Crippen molar-refractivity contribution in [3.05, 3.63) is 99.8 Å². The van der Waals surface area contributed by atoms with Crippen molar-refractivity contribution in [1.82, 2.24) is 10.2 Å². The molecule has 3 aromatic rings. The van der Waals surface area contributed by atoms with Gasteiger partial charge in [-0.1, -0.05) is 64.5 Å². The molecule has 0 bridgehead atoms. The predicted molar refractivity (Wildman–Crippen MR) is 129 cm³/mol. The van der Waals surface area contributed by atoms with Crippen LogP contribution in [0.3, 0.4) is 0 Å². The van der Waals surface area contributed by atoms with Gasteiger partial charge in [0.1, 0.15) is 17.6 Å². The summed E-state index contributed by atoms with van der Waals surface area (Å²) >= 11 is 3.44. The van der Waals surface area contributed by atoms with Crippen LogP contribution in [0.25, 0.3) is 0 Å². The Bertz CT molecular complexity index is 1110. The van der Waals surface area contributed by atoms with E-state index >= 15 is 0 Å². The molecule has 1 N–H and O–H groups in total. The van der Waals surface area contributed by atoms with E-state index in [1.165, 1.54) is 18.0 Å². The molecule has 1 atom stereocenters. The molecule has 0 aliphatic rings. The van der Waals surface area contributed by atoms with E-state index < -0.39 is 17.8 Å². The lowest BCUT2D eigenvalue weighted by molar-refractivity contribution is -0.142. The minimum absolute atomic E-state index is 0.0564. The van der Waals surface area contributed by atoms with Gasteiger partial charge in [0, 0.05) is 30.0 Å². The highest BCUT2D eigenvalue weighted by Crippen LogP contribution is 2.22. The summed E-state index contributed by atoms with van der Waals surface area (Å²) in [6.45, 7) is 1.59. The second-order valence-electron chi connectivity index (χ2n) is 7.63. The van der Waals surface area contributed by atoms with Crippen LogP contribution in [-0.2, 0) is 22.6 Å². The van der Waals surface area contributed by atoms with Gasteiger partial charge in [0.25, 0.3) is 5.91 Å². The van der Waals surface area contributed by atoms with Crippen LogP contribution in [0.15, 0.2) is 77.3 Å². The van der Waals surface area contributed by atoms with Crippen LogP contribution in [0.4, 0.5) is 4.39 Å². The summed E-state index contributed by atoms with van der Waals surface area (Å²) in [5.41, 5.74) is 2.18. The number of ether oxygens (including phenoxy) is 1. The summed E-state index contributed by atoms with van der Waals surface area (Å²) < 4.78 is 21.1. The summed E-state index contributed by atoms with van der Waals surface area (Å²) in [6.07, 6.45) is 0.290. The van der Waals surface area contributed by atoms with Gasteiger partial charge in [-0.3, -0.25) is 9.59 Å². The highest BCUT2D eigenvalue weighted by atomic mass is 79.9. The van der Waals surface area contributed by atoms with Crippen molar-refractivity contribution >= 4 is 27.7 Å². The number of nitrogens with zero attached hydrogens (tertiary/aromatic N) is 1. The van der Waals surface area contributed by atoms with Crippen LogP contribution >= 0.6 is 15.9 Å². The third kappa shape index (κ3) is 6.65. The van der Waals surface area contributed by atoms with Gasteiger partial charge >= 0.3 is 0 Å². The molecule has 0 spiro atoms. The summed E-state index contributed by atoms with van der Waals surface area (Å²) in [6, 6.07) is 20.2. The van der Waals surface area contributed by atoms with E-state index in [-0.39, 0.29) is 25.5 Å². The number of nitrogens with one attached hydrogen (secondary N) is 1. The SMILES string of the molecule is CNC(=O)[C@H](Cc1ccccc1)N(Cc1ccccc1F)C(=O)COc1ccc(Br)c(C)c1. The Kier molecular flexibility index (Phi) is 8.60. The molecule has 0 saturated carbocycles. The third-order valence-corrected chi connectivity index (χ3v) is 6.20. The van der Waals surface area contributed by atoms with Crippen molar-refractivity contribution in [2.75, 3.05) is 13.7 Å². The van der Waals surface area contributed by atoms with Crippen LogP contribution in [-0.4, -0.2) is 36.4 Å². The minimum atomic E-state index is -0.834. The fourth-order valence-electron chi connectivity index (χ4n) is 3.47. The molecule has 0 heterocycles. The standard InChI is InChI=1S/C26H26BrFN2O3/c1-18-14-21(12-13-22(18)27)33-17-25(31)30(16-20-10-6-7-11-23(20)28)24(26(32)29-2)15-19-8-4-3-5-9-19/h3-14,24H,15-17H2,1-2H3,(H,29,32)/t24-/m0/s1. The summed E-state index contributed by atoms with van der Waals surface area (Å²) in [7, 11) is 1.52. The second kappa shape index (κ2) is 11.6. The Hall–Kier alpha value is -3.19. The first-order valence-electron chi connectivity index (χ1n) is 10.6. The number of benzene rings is 3.